The molecule has 98 valence electrons. The fraction of sp³-hybridized carbons (Fsp3) is 0.267. The second kappa shape index (κ2) is 5.99. The summed E-state index contributed by atoms with van der Waals surface area (Å²) in [5.41, 5.74) is 2.63. The van der Waals surface area contributed by atoms with E-state index in [-0.39, 0.29) is 0 Å². The number of benzene rings is 1. The molecule has 3 nitrogen and oxygen atoms in total. The van der Waals surface area contributed by atoms with Gasteiger partial charge in [0, 0.05) is 11.9 Å². The molecule has 1 N–H and O–H groups in total. The Labute approximate surface area is 116 Å². The molecule has 0 aliphatic rings. The van der Waals surface area contributed by atoms with E-state index in [0.717, 1.165) is 26.1 Å². The average Bonchev–Trinajstić information content (AvgIpc) is 3.08. The Morgan fingerprint density at radius 3 is 3.00 bits per heavy atom. The van der Waals surface area contributed by atoms with Gasteiger partial charge in [0.15, 0.2) is 0 Å². The van der Waals surface area contributed by atoms with E-state index in [4.69, 9.17) is 0 Å². The molecule has 0 saturated carbocycles. The standard InChI is InChI=1S/C15H17N3S/c1-2-4-15-14(3-1)11-17-18(15)9-8-16-7-5-13-6-10-19-12-13/h1-4,6,10-12,16H,5,7-9H2. The number of nitrogens with zero attached hydrogens (tertiary/aromatic N) is 2. The smallest absolute Gasteiger partial charge is 0.0682 e. The van der Waals surface area contributed by atoms with Gasteiger partial charge < -0.3 is 5.32 Å². The van der Waals surface area contributed by atoms with Gasteiger partial charge in [0.25, 0.3) is 0 Å². The summed E-state index contributed by atoms with van der Waals surface area (Å²) in [6.45, 7) is 2.89. The number of rotatable bonds is 6. The summed E-state index contributed by atoms with van der Waals surface area (Å²) >= 11 is 1.76. The van der Waals surface area contributed by atoms with Crippen LogP contribution in [-0.4, -0.2) is 22.9 Å². The van der Waals surface area contributed by atoms with E-state index in [1.54, 1.807) is 11.3 Å². The molecular formula is C15H17N3S. The summed E-state index contributed by atoms with van der Waals surface area (Å²) in [6.07, 6.45) is 3.03. The highest BCUT2D eigenvalue weighted by Gasteiger charge is 2.00. The predicted molar refractivity (Wildman–Crippen MR) is 80.6 cm³/mol. The predicted octanol–water partition coefficient (Wildman–Crippen LogP) is 2.93. The first-order valence-corrected chi connectivity index (χ1v) is 7.50. The molecule has 0 saturated heterocycles. The lowest BCUT2D eigenvalue weighted by Gasteiger charge is -2.05. The lowest BCUT2D eigenvalue weighted by atomic mass is 10.2. The number of nitrogens with one attached hydrogen (secondary N) is 1. The van der Waals surface area contributed by atoms with Crippen molar-refractivity contribution >= 4 is 22.2 Å². The molecule has 2 aromatic heterocycles. The molecule has 0 bridgehead atoms. The molecule has 3 rings (SSSR count). The van der Waals surface area contributed by atoms with Gasteiger partial charge in [0.05, 0.1) is 18.3 Å². The van der Waals surface area contributed by atoms with Gasteiger partial charge in [0.1, 0.15) is 0 Å². The fourth-order valence-electron chi connectivity index (χ4n) is 2.18. The van der Waals surface area contributed by atoms with Crippen molar-refractivity contribution in [2.75, 3.05) is 13.1 Å². The third kappa shape index (κ3) is 3.03. The maximum absolute atomic E-state index is 4.42. The SMILES string of the molecule is c1ccc2c(c1)cnn2CCNCCc1ccsc1. The van der Waals surface area contributed by atoms with E-state index >= 15 is 0 Å². The summed E-state index contributed by atoms with van der Waals surface area (Å²) in [4.78, 5) is 0. The van der Waals surface area contributed by atoms with Crippen molar-refractivity contribution in [3.63, 3.8) is 0 Å². The van der Waals surface area contributed by atoms with Gasteiger partial charge in [0.2, 0.25) is 0 Å². The van der Waals surface area contributed by atoms with Crippen LogP contribution in [0, 0.1) is 0 Å². The summed E-state index contributed by atoms with van der Waals surface area (Å²) in [7, 11) is 0. The van der Waals surface area contributed by atoms with Crippen LogP contribution < -0.4 is 5.32 Å². The maximum Gasteiger partial charge on any atom is 0.0682 e. The number of hydrogen-bond donors (Lipinski definition) is 1. The van der Waals surface area contributed by atoms with Crippen molar-refractivity contribution in [3.8, 4) is 0 Å². The van der Waals surface area contributed by atoms with Crippen LogP contribution in [0.2, 0.25) is 0 Å². The average molecular weight is 271 g/mol. The zero-order valence-electron chi connectivity index (χ0n) is 10.7. The number of aromatic nitrogens is 2. The summed E-state index contributed by atoms with van der Waals surface area (Å²) in [6, 6.07) is 10.5. The van der Waals surface area contributed by atoms with E-state index in [0.29, 0.717) is 0 Å². The van der Waals surface area contributed by atoms with E-state index < -0.39 is 0 Å². The Bertz CT molecular complexity index is 628. The Morgan fingerprint density at radius 1 is 1.16 bits per heavy atom. The van der Waals surface area contributed by atoms with Crippen LogP contribution in [0.1, 0.15) is 5.56 Å². The zero-order chi connectivity index (χ0) is 12.9. The summed E-state index contributed by atoms with van der Waals surface area (Å²) in [5.74, 6) is 0. The van der Waals surface area contributed by atoms with Gasteiger partial charge in [-0.15, -0.1) is 0 Å². The number of para-hydroxylation sites is 1. The molecule has 0 amide bonds. The van der Waals surface area contributed by atoms with Crippen molar-refractivity contribution in [2.45, 2.75) is 13.0 Å². The van der Waals surface area contributed by atoms with Gasteiger partial charge in [-0.25, -0.2) is 0 Å². The van der Waals surface area contributed by atoms with E-state index in [2.05, 4.69) is 50.1 Å². The van der Waals surface area contributed by atoms with E-state index in [1.165, 1.54) is 16.5 Å². The minimum absolute atomic E-state index is 0.914. The molecule has 2 heterocycles. The van der Waals surface area contributed by atoms with Crippen LogP contribution >= 0.6 is 11.3 Å². The summed E-state index contributed by atoms with van der Waals surface area (Å²) in [5, 5.41) is 13.4. The highest BCUT2D eigenvalue weighted by atomic mass is 32.1. The second-order valence-electron chi connectivity index (χ2n) is 4.56. The molecular weight excluding hydrogens is 254 g/mol. The van der Waals surface area contributed by atoms with Crippen LogP contribution in [0.3, 0.4) is 0 Å². The minimum Gasteiger partial charge on any atom is -0.315 e. The Balaban J connectivity index is 1.47. The molecule has 3 aromatic rings. The zero-order valence-corrected chi connectivity index (χ0v) is 11.6. The first-order chi connectivity index (χ1) is 9.43. The minimum atomic E-state index is 0.914. The van der Waals surface area contributed by atoms with E-state index in [1.807, 2.05) is 12.3 Å². The normalized spacial score (nSPS) is 11.2. The topological polar surface area (TPSA) is 29.9 Å². The maximum atomic E-state index is 4.42. The fourth-order valence-corrected chi connectivity index (χ4v) is 2.88. The van der Waals surface area contributed by atoms with Gasteiger partial charge in [-0.2, -0.15) is 16.4 Å². The van der Waals surface area contributed by atoms with Crippen molar-refractivity contribution < 1.29 is 0 Å². The second-order valence-corrected chi connectivity index (χ2v) is 5.34. The lowest BCUT2D eigenvalue weighted by molar-refractivity contribution is 0.569. The first-order valence-electron chi connectivity index (χ1n) is 6.56. The molecule has 0 atom stereocenters. The molecule has 0 fully saturated rings. The highest BCUT2D eigenvalue weighted by molar-refractivity contribution is 7.07. The quantitative estimate of drug-likeness (QED) is 0.699. The van der Waals surface area contributed by atoms with Crippen LogP contribution in [0.5, 0.6) is 0 Å². The van der Waals surface area contributed by atoms with Crippen LogP contribution in [0.15, 0.2) is 47.3 Å². The Morgan fingerprint density at radius 2 is 2.11 bits per heavy atom. The van der Waals surface area contributed by atoms with Crippen molar-refractivity contribution in [1.82, 2.24) is 15.1 Å². The monoisotopic (exact) mass is 271 g/mol. The number of thiophene rings is 1. The third-order valence-corrected chi connectivity index (χ3v) is 3.95. The van der Waals surface area contributed by atoms with Crippen molar-refractivity contribution in [3.05, 3.63) is 52.9 Å². The Hall–Kier alpha value is -1.65. The van der Waals surface area contributed by atoms with Gasteiger partial charge in [-0.05, 0) is 41.4 Å². The molecule has 0 unspecified atom stereocenters. The molecule has 0 aliphatic carbocycles. The molecule has 0 aliphatic heterocycles. The van der Waals surface area contributed by atoms with Gasteiger partial charge in [-0.1, -0.05) is 18.2 Å². The lowest BCUT2D eigenvalue weighted by Crippen LogP contribution is -2.22. The highest BCUT2D eigenvalue weighted by Crippen LogP contribution is 2.11. The molecule has 19 heavy (non-hydrogen) atoms. The number of hydrogen-bond acceptors (Lipinski definition) is 3. The molecule has 0 radical (unpaired) electrons. The molecule has 0 spiro atoms. The van der Waals surface area contributed by atoms with Crippen LogP contribution in [0.4, 0.5) is 0 Å². The van der Waals surface area contributed by atoms with Crippen molar-refractivity contribution in [1.29, 1.82) is 0 Å². The van der Waals surface area contributed by atoms with Crippen molar-refractivity contribution in [2.24, 2.45) is 0 Å². The van der Waals surface area contributed by atoms with Gasteiger partial charge in [-0.3, -0.25) is 4.68 Å². The van der Waals surface area contributed by atoms with Gasteiger partial charge >= 0.3 is 0 Å². The Kier molecular flexibility index (Phi) is 3.91. The van der Waals surface area contributed by atoms with E-state index in [9.17, 15) is 0 Å². The third-order valence-electron chi connectivity index (χ3n) is 3.22. The van der Waals surface area contributed by atoms with Crippen LogP contribution in [0.25, 0.3) is 10.9 Å². The summed E-state index contributed by atoms with van der Waals surface area (Å²) < 4.78 is 2.06. The van der Waals surface area contributed by atoms with Crippen LogP contribution in [-0.2, 0) is 13.0 Å². The number of fused-ring (bicyclic) bond motifs is 1. The largest absolute Gasteiger partial charge is 0.315 e. The molecule has 4 heteroatoms. The first kappa shape index (κ1) is 12.4. The molecule has 1 aromatic carbocycles.